The minimum Gasteiger partial charge on any atom is -0.397 e. The molecule has 0 bridgehead atoms. The van der Waals surface area contributed by atoms with Gasteiger partial charge in [-0.1, -0.05) is 0 Å². The Morgan fingerprint density at radius 1 is 1.50 bits per heavy atom. The van der Waals surface area contributed by atoms with E-state index in [1.807, 2.05) is 0 Å². The summed E-state index contributed by atoms with van der Waals surface area (Å²) < 4.78 is 24.4. The van der Waals surface area contributed by atoms with Crippen molar-refractivity contribution in [3.05, 3.63) is 23.5 Å². The Bertz CT molecular complexity index is 275. The monoisotopic (exact) mass is 173 g/mol. The van der Waals surface area contributed by atoms with Gasteiger partial charge in [-0.25, -0.2) is 8.78 Å². The standard InChI is InChI=1S/C7H9F2N3/c8-7(9)6-4(2-10)1-5(11)3-12-6/h1,3,7H,2,10-11H2. The van der Waals surface area contributed by atoms with Gasteiger partial charge in [-0.3, -0.25) is 4.98 Å². The molecule has 12 heavy (non-hydrogen) atoms. The van der Waals surface area contributed by atoms with Crippen LogP contribution in [0.3, 0.4) is 0 Å². The van der Waals surface area contributed by atoms with Gasteiger partial charge in [0.25, 0.3) is 6.43 Å². The number of hydrogen-bond acceptors (Lipinski definition) is 3. The summed E-state index contributed by atoms with van der Waals surface area (Å²) in [6.07, 6.45) is -1.40. The Labute approximate surface area is 68.4 Å². The SMILES string of the molecule is NCc1cc(N)cnc1C(F)F. The topological polar surface area (TPSA) is 64.9 Å². The molecule has 0 aliphatic rings. The van der Waals surface area contributed by atoms with Gasteiger partial charge in [0.1, 0.15) is 5.69 Å². The van der Waals surface area contributed by atoms with E-state index in [2.05, 4.69) is 4.98 Å². The fourth-order valence-corrected chi connectivity index (χ4v) is 0.899. The van der Waals surface area contributed by atoms with Crippen molar-refractivity contribution in [2.24, 2.45) is 5.73 Å². The van der Waals surface area contributed by atoms with Crippen molar-refractivity contribution >= 4 is 5.69 Å². The highest BCUT2D eigenvalue weighted by atomic mass is 19.3. The van der Waals surface area contributed by atoms with Gasteiger partial charge in [-0.2, -0.15) is 0 Å². The van der Waals surface area contributed by atoms with Crippen molar-refractivity contribution in [2.75, 3.05) is 5.73 Å². The smallest absolute Gasteiger partial charge is 0.280 e. The van der Waals surface area contributed by atoms with E-state index >= 15 is 0 Å². The number of aromatic nitrogens is 1. The van der Waals surface area contributed by atoms with Gasteiger partial charge in [-0.05, 0) is 11.6 Å². The minimum absolute atomic E-state index is 0.0255. The van der Waals surface area contributed by atoms with Crippen LogP contribution in [0.5, 0.6) is 0 Å². The Hall–Kier alpha value is -1.23. The number of alkyl halides is 2. The predicted molar refractivity (Wildman–Crippen MR) is 41.5 cm³/mol. The average Bonchev–Trinajstić information content (AvgIpc) is 2.03. The highest BCUT2D eigenvalue weighted by molar-refractivity contribution is 5.40. The lowest BCUT2D eigenvalue weighted by molar-refractivity contribution is 0.145. The maximum atomic E-state index is 12.2. The van der Waals surface area contributed by atoms with E-state index in [-0.39, 0.29) is 12.2 Å². The summed E-state index contributed by atoms with van der Waals surface area (Å²) in [5.74, 6) is 0. The molecule has 4 N–H and O–H groups in total. The van der Waals surface area contributed by atoms with Crippen LogP contribution in [0.25, 0.3) is 0 Å². The van der Waals surface area contributed by atoms with E-state index in [4.69, 9.17) is 11.5 Å². The van der Waals surface area contributed by atoms with Gasteiger partial charge in [0.15, 0.2) is 0 Å². The molecule has 0 aromatic carbocycles. The molecule has 5 heteroatoms. The van der Waals surface area contributed by atoms with E-state index in [9.17, 15) is 8.78 Å². The van der Waals surface area contributed by atoms with Gasteiger partial charge in [0.2, 0.25) is 0 Å². The highest BCUT2D eigenvalue weighted by Crippen LogP contribution is 2.21. The van der Waals surface area contributed by atoms with Crippen LogP contribution in [-0.2, 0) is 6.54 Å². The molecule has 66 valence electrons. The third-order valence-electron chi connectivity index (χ3n) is 1.45. The average molecular weight is 173 g/mol. The summed E-state index contributed by atoms with van der Waals surface area (Å²) in [6.45, 7) is 0.0255. The number of halogens is 2. The van der Waals surface area contributed by atoms with Crippen molar-refractivity contribution in [2.45, 2.75) is 13.0 Å². The van der Waals surface area contributed by atoms with Gasteiger partial charge in [0, 0.05) is 6.54 Å². The second kappa shape index (κ2) is 3.44. The number of nitrogens with two attached hydrogens (primary N) is 2. The lowest BCUT2D eigenvalue weighted by Crippen LogP contribution is -2.05. The maximum Gasteiger partial charge on any atom is 0.280 e. The number of pyridine rings is 1. The molecule has 0 unspecified atom stereocenters. The maximum absolute atomic E-state index is 12.2. The van der Waals surface area contributed by atoms with Gasteiger partial charge < -0.3 is 11.5 Å². The molecule has 0 amide bonds. The molecule has 1 rings (SSSR count). The first-order valence-corrected chi connectivity index (χ1v) is 3.37. The van der Waals surface area contributed by atoms with Crippen LogP contribution >= 0.6 is 0 Å². The minimum atomic E-state index is -2.59. The zero-order valence-electron chi connectivity index (χ0n) is 6.30. The molecule has 0 radical (unpaired) electrons. The van der Waals surface area contributed by atoms with Gasteiger partial charge >= 0.3 is 0 Å². The lowest BCUT2D eigenvalue weighted by atomic mass is 10.2. The van der Waals surface area contributed by atoms with Crippen LogP contribution < -0.4 is 11.5 Å². The van der Waals surface area contributed by atoms with Crippen LogP contribution in [0.15, 0.2) is 12.3 Å². The van der Waals surface area contributed by atoms with E-state index in [1.54, 1.807) is 0 Å². The normalized spacial score (nSPS) is 10.7. The molecular formula is C7H9F2N3. The zero-order chi connectivity index (χ0) is 9.14. The van der Waals surface area contributed by atoms with E-state index in [0.717, 1.165) is 0 Å². The van der Waals surface area contributed by atoms with Crippen LogP contribution in [0.1, 0.15) is 17.7 Å². The number of rotatable bonds is 2. The summed E-state index contributed by atoms with van der Waals surface area (Å²) in [5, 5.41) is 0. The Morgan fingerprint density at radius 2 is 2.17 bits per heavy atom. The molecule has 0 aliphatic heterocycles. The molecule has 1 aromatic heterocycles. The van der Waals surface area contributed by atoms with Gasteiger partial charge in [0.05, 0.1) is 11.9 Å². The molecule has 0 aliphatic carbocycles. The van der Waals surface area contributed by atoms with E-state index in [1.165, 1.54) is 12.3 Å². The number of nitrogens with zero attached hydrogens (tertiary/aromatic N) is 1. The summed E-state index contributed by atoms with van der Waals surface area (Å²) in [7, 11) is 0. The highest BCUT2D eigenvalue weighted by Gasteiger charge is 2.13. The summed E-state index contributed by atoms with van der Waals surface area (Å²) in [6, 6.07) is 1.41. The molecule has 1 heterocycles. The van der Waals surface area contributed by atoms with E-state index in [0.29, 0.717) is 11.3 Å². The zero-order valence-corrected chi connectivity index (χ0v) is 6.30. The first-order chi connectivity index (χ1) is 5.65. The Kier molecular flexibility index (Phi) is 2.54. The number of hydrogen-bond donors (Lipinski definition) is 2. The fraction of sp³-hybridized carbons (Fsp3) is 0.286. The Balaban J connectivity index is 3.11. The number of nitrogen functional groups attached to an aromatic ring is 1. The largest absolute Gasteiger partial charge is 0.397 e. The summed E-state index contributed by atoms with van der Waals surface area (Å²) in [4.78, 5) is 3.49. The van der Waals surface area contributed by atoms with Crippen LogP contribution in [0.4, 0.5) is 14.5 Å². The lowest BCUT2D eigenvalue weighted by Gasteiger charge is -2.05. The fourth-order valence-electron chi connectivity index (χ4n) is 0.899. The molecule has 0 saturated carbocycles. The quantitative estimate of drug-likeness (QED) is 0.702. The van der Waals surface area contributed by atoms with Gasteiger partial charge in [-0.15, -0.1) is 0 Å². The molecule has 3 nitrogen and oxygen atoms in total. The molecule has 0 atom stereocenters. The third kappa shape index (κ3) is 1.68. The van der Waals surface area contributed by atoms with Crippen LogP contribution in [0.2, 0.25) is 0 Å². The molecule has 0 saturated heterocycles. The number of anilines is 1. The summed E-state index contributed by atoms with van der Waals surface area (Å²) in [5.41, 5.74) is 10.9. The molecule has 0 fully saturated rings. The summed E-state index contributed by atoms with van der Waals surface area (Å²) >= 11 is 0. The van der Waals surface area contributed by atoms with Crippen molar-refractivity contribution in [1.82, 2.24) is 4.98 Å². The van der Waals surface area contributed by atoms with Crippen LogP contribution in [-0.4, -0.2) is 4.98 Å². The molecule has 1 aromatic rings. The van der Waals surface area contributed by atoms with Crippen molar-refractivity contribution < 1.29 is 8.78 Å². The second-order valence-electron chi connectivity index (χ2n) is 2.32. The molecular weight excluding hydrogens is 164 g/mol. The second-order valence-corrected chi connectivity index (χ2v) is 2.32. The van der Waals surface area contributed by atoms with Crippen molar-refractivity contribution in [3.63, 3.8) is 0 Å². The first kappa shape index (κ1) is 8.86. The van der Waals surface area contributed by atoms with Crippen molar-refractivity contribution in [1.29, 1.82) is 0 Å². The first-order valence-electron chi connectivity index (χ1n) is 3.37. The predicted octanol–water partition coefficient (Wildman–Crippen LogP) is 1.06. The Morgan fingerprint density at radius 3 is 2.67 bits per heavy atom. The van der Waals surface area contributed by atoms with Crippen molar-refractivity contribution in [3.8, 4) is 0 Å². The molecule has 0 spiro atoms. The van der Waals surface area contributed by atoms with E-state index < -0.39 is 6.43 Å². The van der Waals surface area contributed by atoms with Crippen LogP contribution in [0, 0.1) is 0 Å². The third-order valence-corrected chi connectivity index (χ3v) is 1.45.